The smallest absolute Gasteiger partial charge is 0.356 e. The van der Waals surface area contributed by atoms with Crippen molar-refractivity contribution in [3.8, 4) is 0 Å². The molecule has 0 amide bonds. The summed E-state index contributed by atoms with van der Waals surface area (Å²) in [6, 6.07) is 5.25. The molecule has 0 bridgehead atoms. The van der Waals surface area contributed by atoms with Crippen molar-refractivity contribution in [2.24, 2.45) is 4.99 Å². The molecule has 0 spiro atoms. The maximum absolute atomic E-state index is 12.4. The highest BCUT2D eigenvalue weighted by Crippen LogP contribution is 2.29. The van der Waals surface area contributed by atoms with Gasteiger partial charge in [0.25, 0.3) is 0 Å². The second kappa shape index (κ2) is 8.54. The van der Waals surface area contributed by atoms with E-state index in [-0.39, 0.29) is 0 Å². The van der Waals surface area contributed by atoms with Gasteiger partial charge in [-0.05, 0) is 30.5 Å². The quantitative estimate of drug-likeness (QED) is 0.481. The summed E-state index contributed by atoms with van der Waals surface area (Å²) >= 11 is 0. The van der Waals surface area contributed by atoms with Gasteiger partial charge in [0.15, 0.2) is 5.96 Å². The number of hydrogen-bond acceptors (Lipinski definition) is 1. The number of hydrogen-bond donors (Lipinski definition) is 2. The van der Waals surface area contributed by atoms with Crippen LogP contribution in [0, 0.1) is 0 Å². The van der Waals surface area contributed by atoms with Gasteiger partial charge >= 0.3 is 6.18 Å². The highest BCUT2D eigenvalue weighted by Gasteiger charge is 2.29. The van der Waals surface area contributed by atoms with Crippen LogP contribution in [0.1, 0.15) is 30.9 Å². The molecule has 0 aliphatic heterocycles. The van der Waals surface area contributed by atoms with Crippen molar-refractivity contribution in [2.45, 2.75) is 32.4 Å². The van der Waals surface area contributed by atoms with Gasteiger partial charge in [0, 0.05) is 20.1 Å². The van der Waals surface area contributed by atoms with Gasteiger partial charge in [-0.25, -0.2) is 0 Å². The number of nitrogens with zero attached hydrogens (tertiary/aromatic N) is 1. The van der Waals surface area contributed by atoms with Crippen LogP contribution in [0.25, 0.3) is 0 Å². The summed E-state index contributed by atoms with van der Waals surface area (Å²) in [5, 5.41) is 6.31. The van der Waals surface area contributed by atoms with E-state index in [1.165, 1.54) is 12.1 Å². The molecule has 21 heavy (non-hydrogen) atoms. The molecule has 2 N–H and O–H groups in total. The third-order valence-electron chi connectivity index (χ3n) is 3.03. The number of aliphatic imine (C=N–C) groups is 1. The molecule has 0 aromatic heterocycles. The lowest BCUT2D eigenvalue weighted by Crippen LogP contribution is -2.38. The molecule has 0 unspecified atom stereocenters. The third kappa shape index (κ3) is 6.51. The molecule has 118 valence electrons. The Morgan fingerprint density at radius 1 is 1.10 bits per heavy atom. The second-order valence-electron chi connectivity index (χ2n) is 4.72. The monoisotopic (exact) mass is 301 g/mol. The van der Waals surface area contributed by atoms with E-state index in [1.807, 2.05) is 0 Å². The van der Waals surface area contributed by atoms with Gasteiger partial charge in [-0.3, -0.25) is 4.99 Å². The van der Waals surface area contributed by atoms with Crippen LogP contribution in [0.5, 0.6) is 0 Å². The zero-order chi connectivity index (χ0) is 15.7. The Morgan fingerprint density at radius 2 is 1.71 bits per heavy atom. The Morgan fingerprint density at radius 3 is 2.24 bits per heavy atom. The van der Waals surface area contributed by atoms with Crippen LogP contribution >= 0.6 is 0 Å². The fourth-order valence-electron chi connectivity index (χ4n) is 1.79. The van der Waals surface area contributed by atoms with Crippen molar-refractivity contribution in [1.29, 1.82) is 0 Å². The largest absolute Gasteiger partial charge is 0.416 e. The lowest BCUT2D eigenvalue weighted by atomic mass is 10.1. The van der Waals surface area contributed by atoms with Gasteiger partial charge in [0.05, 0.1) is 5.56 Å². The van der Waals surface area contributed by atoms with Gasteiger partial charge < -0.3 is 10.6 Å². The summed E-state index contributed by atoms with van der Waals surface area (Å²) in [5.74, 6) is 0.718. The molecule has 0 aliphatic rings. The van der Waals surface area contributed by atoms with Crippen molar-refractivity contribution >= 4 is 5.96 Å². The van der Waals surface area contributed by atoms with E-state index < -0.39 is 11.7 Å². The highest BCUT2D eigenvalue weighted by atomic mass is 19.4. The molecule has 1 aromatic carbocycles. The number of guanidine groups is 1. The normalized spacial score (nSPS) is 12.3. The zero-order valence-corrected chi connectivity index (χ0v) is 12.4. The van der Waals surface area contributed by atoms with Crippen LogP contribution < -0.4 is 10.6 Å². The maximum Gasteiger partial charge on any atom is 0.416 e. The summed E-state index contributed by atoms with van der Waals surface area (Å²) in [5.41, 5.74) is 0.246. The van der Waals surface area contributed by atoms with Gasteiger partial charge in [0.1, 0.15) is 0 Å². The summed E-state index contributed by atoms with van der Waals surface area (Å²) in [6.07, 6.45) is -1.45. The van der Waals surface area contributed by atoms with Crippen molar-refractivity contribution in [3.63, 3.8) is 0 Å². The number of unbranched alkanes of at least 4 members (excludes halogenated alkanes) is 1. The average molecular weight is 301 g/mol. The lowest BCUT2D eigenvalue weighted by molar-refractivity contribution is -0.137. The van der Waals surface area contributed by atoms with Gasteiger partial charge in [-0.2, -0.15) is 13.2 Å². The predicted octanol–water partition coefficient (Wildman–Crippen LogP) is 3.21. The van der Waals surface area contributed by atoms with Gasteiger partial charge in [-0.1, -0.05) is 25.5 Å². The minimum atomic E-state index is -4.28. The maximum atomic E-state index is 12.4. The molecule has 0 aliphatic carbocycles. The van der Waals surface area contributed by atoms with E-state index in [0.717, 1.165) is 43.0 Å². The Hall–Kier alpha value is -1.72. The molecule has 0 radical (unpaired) electrons. The Labute approximate surface area is 123 Å². The molecule has 3 nitrogen and oxygen atoms in total. The highest BCUT2D eigenvalue weighted by molar-refractivity contribution is 5.79. The summed E-state index contributed by atoms with van der Waals surface area (Å²) in [6.45, 7) is 3.59. The molecule has 0 saturated heterocycles. The molecule has 6 heteroatoms. The lowest BCUT2D eigenvalue weighted by Gasteiger charge is -2.12. The Kier molecular flexibility index (Phi) is 7.05. The Balaban J connectivity index is 2.38. The number of nitrogens with one attached hydrogen (secondary N) is 2. The standard InChI is InChI=1S/C15H22F3N3/c1-3-4-10-20-14(19-2)21-11-9-12-5-7-13(8-6-12)15(16,17)18/h5-8H,3-4,9-11H2,1-2H3,(H2,19,20,21). The number of benzene rings is 1. The topological polar surface area (TPSA) is 36.4 Å². The predicted molar refractivity (Wildman–Crippen MR) is 79.4 cm³/mol. The molecule has 1 rings (SSSR count). The molecule has 0 saturated carbocycles. The summed E-state index contributed by atoms with van der Waals surface area (Å²) in [4.78, 5) is 4.08. The molecule has 0 atom stereocenters. The van der Waals surface area contributed by atoms with Crippen LogP contribution in [0.15, 0.2) is 29.3 Å². The minimum absolute atomic E-state index is 0.615. The number of halogens is 3. The first-order chi connectivity index (χ1) is 9.97. The van der Waals surface area contributed by atoms with Crippen LogP contribution in [-0.2, 0) is 12.6 Å². The van der Waals surface area contributed by atoms with E-state index in [0.29, 0.717) is 13.0 Å². The third-order valence-corrected chi connectivity index (χ3v) is 3.03. The average Bonchev–Trinajstić information content (AvgIpc) is 2.45. The number of alkyl halides is 3. The SMILES string of the molecule is CCCCNC(=NC)NCCc1ccc(C(F)(F)F)cc1. The van der Waals surface area contributed by atoms with Crippen molar-refractivity contribution in [1.82, 2.24) is 10.6 Å². The van der Waals surface area contributed by atoms with Crippen molar-refractivity contribution in [2.75, 3.05) is 20.1 Å². The number of rotatable bonds is 6. The minimum Gasteiger partial charge on any atom is -0.356 e. The molecule has 0 heterocycles. The van der Waals surface area contributed by atoms with Crippen LogP contribution in [0.4, 0.5) is 13.2 Å². The molecule has 0 fully saturated rings. The fourth-order valence-corrected chi connectivity index (χ4v) is 1.79. The first-order valence-corrected chi connectivity index (χ1v) is 7.08. The Bertz CT molecular complexity index is 438. The van der Waals surface area contributed by atoms with Crippen LogP contribution in [0.2, 0.25) is 0 Å². The van der Waals surface area contributed by atoms with Crippen LogP contribution in [-0.4, -0.2) is 26.1 Å². The van der Waals surface area contributed by atoms with Crippen molar-refractivity contribution < 1.29 is 13.2 Å². The van der Waals surface area contributed by atoms with Crippen molar-refractivity contribution in [3.05, 3.63) is 35.4 Å². The van der Waals surface area contributed by atoms with E-state index in [2.05, 4.69) is 22.5 Å². The second-order valence-corrected chi connectivity index (χ2v) is 4.72. The van der Waals surface area contributed by atoms with E-state index in [1.54, 1.807) is 7.05 Å². The van der Waals surface area contributed by atoms with Gasteiger partial charge in [-0.15, -0.1) is 0 Å². The first-order valence-electron chi connectivity index (χ1n) is 7.08. The first kappa shape index (κ1) is 17.3. The molecule has 1 aromatic rings. The van der Waals surface area contributed by atoms with E-state index >= 15 is 0 Å². The summed E-state index contributed by atoms with van der Waals surface area (Å²) in [7, 11) is 1.69. The van der Waals surface area contributed by atoms with Gasteiger partial charge in [0.2, 0.25) is 0 Å². The molecular formula is C15H22F3N3. The molecular weight excluding hydrogens is 279 g/mol. The fraction of sp³-hybridized carbons (Fsp3) is 0.533. The van der Waals surface area contributed by atoms with E-state index in [9.17, 15) is 13.2 Å². The van der Waals surface area contributed by atoms with E-state index in [4.69, 9.17) is 0 Å². The zero-order valence-electron chi connectivity index (χ0n) is 12.4. The van der Waals surface area contributed by atoms with Crippen LogP contribution in [0.3, 0.4) is 0 Å². The summed E-state index contributed by atoms with van der Waals surface area (Å²) < 4.78 is 37.3.